The van der Waals surface area contributed by atoms with Crippen molar-refractivity contribution in [3.05, 3.63) is 47.3 Å². The molecule has 4 rings (SSSR count). The highest BCUT2D eigenvalue weighted by molar-refractivity contribution is 5.90. The molecular formula is C17H14N2O2. The molecule has 4 nitrogen and oxygen atoms in total. The highest BCUT2D eigenvalue weighted by atomic mass is 16.4. The van der Waals surface area contributed by atoms with Crippen LogP contribution in [0.25, 0.3) is 33.7 Å². The number of fused-ring (bicyclic) bond motifs is 2. The largest absolute Gasteiger partial charge is 0.441 e. The molecule has 0 fully saturated rings. The van der Waals surface area contributed by atoms with E-state index in [9.17, 15) is 0 Å². The average Bonchev–Trinajstić information content (AvgIpc) is 2.96. The third-order valence-electron chi connectivity index (χ3n) is 3.62. The molecule has 0 saturated heterocycles. The number of nitrogens with zero attached hydrogens (tertiary/aromatic N) is 2. The molecule has 0 aliphatic heterocycles. The van der Waals surface area contributed by atoms with Gasteiger partial charge in [-0.25, -0.2) is 9.97 Å². The fourth-order valence-corrected chi connectivity index (χ4v) is 2.63. The summed E-state index contributed by atoms with van der Waals surface area (Å²) in [6.07, 6.45) is 0. The highest BCUT2D eigenvalue weighted by Gasteiger charge is 2.13. The molecule has 0 unspecified atom stereocenters. The van der Waals surface area contributed by atoms with Gasteiger partial charge in [-0.15, -0.1) is 0 Å². The van der Waals surface area contributed by atoms with Crippen LogP contribution in [-0.4, -0.2) is 9.97 Å². The highest BCUT2D eigenvalue weighted by Crippen LogP contribution is 2.30. The smallest absolute Gasteiger partial charge is 0.227 e. The van der Waals surface area contributed by atoms with E-state index in [1.54, 1.807) is 0 Å². The van der Waals surface area contributed by atoms with E-state index in [2.05, 4.69) is 35.9 Å². The van der Waals surface area contributed by atoms with Gasteiger partial charge in [-0.3, -0.25) is 0 Å². The fraction of sp³-hybridized carbons (Fsp3) is 0.176. The zero-order chi connectivity index (χ0) is 14.6. The first-order chi connectivity index (χ1) is 10.1. The van der Waals surface area contributed by atoms with E-state index in [1.165, 1.54) is 5.56 Å². The van der Waals surface area contributed by atoms with E-state index in [1.807, 2.05) is 25.1 Å². The third kappa shape index (κ3) is 1.91. The van der Waals surface area contributed by atoms with Crippen LogP contribution in [0.5, 0.6) is 0 Å². The van der Waals surface area contributed by atoms with Crippen molar-refractivity contribution in [1.29, 1.82) is 0 Å². The molecule has 0 saturated carbocycles. The molecule has 4 aromatic rings. The summed E-state index contributed by atoms with van der Waals surface area (Å²) in [7, 11) is 0. The molecule has 104 valence electrons. The maximum Gasteiger partial charge on any atom is 0.227 e. The summed E-state index contributed by atoms with van der Waals surface area (Å²) in [5.74, 6) is 1.28. The average molecular weight is 278 g/mol. The second-order valence-electron chi connectivity index (χ2n) is 5.36. The molecule has 0 radical (unpaired) electrons. The van der Waals surface area contributed by atoms with Gasteiger partial charge in [0.25, 0.3) is 0 Å². The molecule has 2 heterocycles. The van der Waals surface area contributed by atoms with Crippen molar-refractivity contribution >= 4 is 22.2 Å². The van der Waals surface area contributed by atoms with E-state index >= 15 is 0 Å². The number of rotatable bonds is 1. The Bertz CT molecular complexity index is 928. The topological polar surface area (TPSA) is 52.1 Å². The number of oxazole rings is 2. The number of hydrogen-bond acceptors (Lipinski definition) is 4. The standard InChI is InChI=1S/C17H14N2O2/c1-9-4-5-12(10(2)6-9)17-19-14-7-13-15(8-16(14)21-17)20-11(3)18-13/h4-8H,1-3H3. The van der Waals surface area contributed by atoms with Crippen molar-refractivity contribution in [2.45, 2.75) is 20.8 Å². The molecule has 2 aromatic carbocycles. The minimum absolute atomic E-state index is 0.631. The number of benzene rings is 2. The van der Waals surface area contributed by atoms with Gasteiger partial charge in [0, 0.05) is 18.6 Å². The Morgan fingerprint density at radius 2 is 1.57 bits per heavy atom. The van der Waals surface area contributed by atoms with Crippen molar-refractivity contribution in [2.24, 2.45) is 0 Å². The van der Waals surface area contributed by atoms with E-state index in [0.717, 1.165) is 27.7 Å². The number of hydrogen-bond donors (Lipinski definition) is 0. The van der Waals surface area contributed by atoms with Crippen molar-refractivity contribution in [1.82, 2.24) is 9.97 Å². The normalized spacial score (nSPS) is 11.6. The first-order valence-electron chi connectivity index (χ1n) is 6.85. The van der Waals surface area contributed by atoms with Crippen LogP contribution in [0.15, 0.2) is 39.2 Å². The number of aryl methyl sites for hydroxylation is 3. The lowest BCUT2D eigenvalue weighted by atomic mass is 10.1. The van der Waals surface area contributed by atoms with Gasteiger partial charge < -0.3 is 8.83 Å². The molecule has 0 spiro atoms. The summed E-state index contributed by atoms with van der Waals surface area (Å²) in [5.41, 5.74) is 6.43. The first kappa shape index (κ1) is 12.1. The lowest BCUT2D eigenvalue weighted by Gasteiger charge is -2.01. The van der Waals surface area contributed by atoms with Gasteiger partial charge in [-0.05, 0) is 31.5 Å². The molecule has 4 heteroatoms. The van der Waals surface area contributed by atoms with E-state index in [4.69, 9.17) is 8.83 Å². The van der Waals surface area contributed by atoms with Crippen LogP contribution >= 0.6 is 0 Å². The second-order valence-corrected chi connectivity index (χ2v) is 5.36. The molecular weight excluding hydrogens is 264 g/mol. The van der Waals surface area contributed by atoms with Crippen molar-refractivity contribution in [2.75, 3.05) is 0 Å². The van der Waals surface area contributed by atoms with E-state index < -0.39 is 0 Å². The Hall–Kier alpha value is -2.62. The van der Waals surface area contributed by atoms with E-state index in [-0.39, 0.29) is 0 Å². The summed E-state index contributed by atoms with van der Waals surface area (Å²) in [6.45, 7) is 5.97. The van der Waals surface area contributed by atoms with Gasteiger partial charge in [0.15, 0.2) is 17.1 Å². The van der Waals surface area contributed by atoms with Crippen LogP contribution in [0.1, 0.15) is 17.0 Å². The predicted octanol–water partition coefficient (Wildman–Crippen LogP) is 4.56. The SMILES string of the molecule is Cc1ccc(-c2nc3cc4nc(C)oc4cc3o2)c(C)c1. The summed E-state index contributed by atoms with van der Waals surface area (Å²) in [6, 6.07) is 9.99. The zero-order valence-corrected chi connectivity index (χ0v) is 12.1. The molecule has 0 N–H and O–H groups in total. The Balaban J connectivity index is 1.93. The summed E-state index contributed by atoms with van der Waals surface area (Å²) >= 11 is 0. The maximum atomic E-state index is 5.89. The van der Waals surface area contributed by atoms with Crippen LogP contribution in [0.2, 0.25) is 0 Å². The molecule has 2 aromatic heterocycles. The molecule has 0 aliphatic carbocycles. The fourth-order valence-electron chi connectivity index (χ4n) is 2.63. The molecule has 21 heavy (non-hydrogen) atoms. The zero-order valence-electron chi connectivity index (χ0n) is 12.1. The second kappa shape index (κ2) is 4.19. The van der Waals surface area contributed by atoms with Gasteiger partial charge in [0.1, 0.15) is 11.0 Å². The molecule has 0 aliphatic rings. The Morgan fingerprint density at radius 1 is 0.810 bits per heavy atom. The summed E-state index contributed by atoms with van der Waals surface area (Å²) in [4.78, 5) is 8.91. The summed E-state index contributed by atoms with van der Waals surface area (Å²) < 4.78 is 11.4. The Kier molecular flexibility index (Phi) is 2.42. The van der Waals surface area contributed by atoms with Gasteiger partial charge in [-0.1, -0.05) is 17.7 Å². The Morgan fingerprint density at radius 3 is 2.38 bits per heavy atom. The van der Waals surface area contributed by atoms with Crippen LogP contribution in [-0.2, 0) is 0 Å². The van der Waals surface area contributed by atoms with Gasteiger partial charge >= 0.3 is 0 Å². The lowest BCUT2D eigenvalue weighted by molar-refractivity contribution is 0.560. The van der Waals surface area contributed by atoms with Crippen molar-refractivity contribution in [3.8, 4) is 11.5 Å². The van der Waals surface area contributed by atoms with Gasteiger partial charge in [0.2, 0.25) is 5.89 Å². The Labute approximate surface area is 121 Å². The van der Waals surface area contributed by atoms with Crippen LogP contribution in [0.3, 0.4) is 0 Å². The monoisotopic (exact) mass is 278 g/mol. The molecule has 0 amide bonds. The minimum atomic E-state index is 0.631. The molecule has 0 bridgehead atoms. The van der Waals surface area contributed by atoms with E-state index in [0.29, 0.717) is 17.4 Å². The van der Waals surface area contributed by atoms with Gasteiger partial charge in [0.05, 0.1) is 0 Å². The number of aromatic nitrogens is 2. The van der Waals surface area contributed by atoms with Gasteiger partial charge in [-0.2, -0.15) is 0 Å². The van der Waals surface area contributed by atoms with Crippen molar-refractivity contribution in [3.63, 3.8) is 0 Å². The van der Waals surface area contributed by atoms with Crippen LogP contribution < -0.4 is 0 Å². The maximum absolute atomic E-state index is 5.89. The van der Waals surface area contributed by atoms with Crippen LogP contribution in [0.4, 0.5) is 0 Å². The lowest BCUT2D eigenvalue weighted by Crippen LogP contribution is -1.84. The molecule has 0 atom stereocenters. The minimum Gasteiger partial charge on any atom is -0.441 e. The van der Waals surface area contributed by atoms with Crippen molar-refractivity contribution < 1.29 is 8.83 Å². The predicted molar refractivity (Wildman–Crippen MR) is 81.2 cm³/mol. The van der Waals surface area contributed by atoms with Crippen LogP contribution in [0, 0.1) is 20.8 Å². The first-order valence-corrected chi connectivity index (χ1v) is 6.85. The summed E-state index contributed by atoms with van der Waals surface area (Å²) in [5, 5.41) is 0. The quantitative estimate of drug-likeness (QED) is 0.512. The third-order valence-corrected chi connectivity index (χ3v) is 3.62.